The number of carbonyl (C=O) groups is 2. The molecule has 23 heavy (non-hydrogen) atoms. The zero-order chi connectivity index (χ0) is 17.0. The Morgan fingerprint density at radius 1 is 1.26 bits per heavy atom. The molecule has 1 aromatic rings. The maximum Gasteiger partial charge on any atom is 0.238 e. The topological polar surface area (TPSA) is 81.7 Å². The van der Waals surface area contributed by atoms with E-state index in [-0.39, 0.29) is 24.3 Å². The smallest absolute Gasteiger partial charge is 0.238 e. The van der Waals surface area contributed by atoms with Crippen molar-refractivity contribution in [1.29, 1.82) is 0 Å². The number of nitrogens with one attached hydrogen (secondary N) is 2. The molecule has 6 nitrogen and oxygen atoms in total. The average Bonchev–Trinajstić information content (AvgIpc) is 2.89. The van der Waals surface area contributed by atoms with E-state index in [4.69, 9.17) is 0 Å². The van der Waals surface area contributed by atoms with Crippen molar-refractivity contribution in [3.63, 3.8) is 0 Å². The highest BCUT2D eigenvalue weighted by Gasteiger charge is 2.33. The molecule has 0 unspecified atom stereocenters. The number of hydrogen-bond donors (Lipinski definition) is 3. The van der Waals surface area contributed by atoms with Gasteiger partial charge in [0, 0.05) is 19.4 Å². The molecule has 0 aromatic heterocycles. The number of nitrogens with zero attached hydrogens (tertiary/aromatic N) is 1. The fourth-order valence-electron chi connectivity index (χ4n) is 2.84. The van der Waals surface area contributed by atoms with Gasteiger partial charge in [0.15, 0.2) is 0 Å². The molecule has 1 aliphatic rings. The Kier molecular flexibility index (Phi) is 5.38. The summed E-state index contributed by atoms with van der Waals surface area (Å²) < 4.78 is 0. The van der Waals surface area contributed by atoms with Crippen LogP contribution in [0.1, 0.15) is 27.2 Å². The fraction of sp³-hybridized carbons (Fsp3) is 0.529. The van der Waals surface area contributed by atoms with Crippen LogP contribution in [-0.4, -0.2) is 47.1 Å². The lowest BCUT2D eigenvalue weighted by molar-refractivity contribution is -0.117. The van der Waals surface area contributed by atoms with E-state index in [1.54, 1.807) is 24.3 Å². The Hall–Kier alpha value is -1.92. The molecule has 3 N–H and O–H groups in total. The summed E-state index contributed by atoms with van der Waals surface area (Å²) in [5, 5.41) is 15.6. The summed E-state index contributed by atoms with van der Waals surface area (Å²) in [7, 11) is 0. The van der Waals surface area contributed by atoms with E-state index in [0.717, 1.165) is 13.0 Å². The third-order valence-electron chi connectivity index (χ3n) is 4.15. The van der Waals surface area contributed by atoms with Gasteiger partial charge in [0.2, 0.25) is 11.8 Å². The van der Waals surface area contributed by atoms with Crippen molar-refractivity contribution in [2.45, 2.75) is 32.8 Å². The summed E-state index contributed by atoms with van der Waals surface area (Å²) in [4.78, 5) is 25.5. The minimum atomic E-state index is -0.719. The van der Waals surface area contributed by atoms with Crippen LogP contribution in [0.3, 0.4) is 0 Å². The monoisotopic (exact) mass is 319 g/mol. The lowest BCUT2D eigenvalue weighted by atomic mass is 9.90. The van der Waals surface area contributed by atoms with E-state index in [1.807, 2.05) is 18.7 Å². The number of hydrogen-bond acceptors (Lipinski definition) is 4. The van der Waals surface area contributed by atoms with Gasteiger partial charge >= 0.3 is 0 Å². The lowest BCUT2D eigenvalue weighted by Gasteiger charge is -2.25. The van der Waals surface area contributed by atoms with Gasteiger partial charge in [-0.25, -0.2) is 0 Å². The summed E-state index contributed by atoms with van der Waals surface area (Å²) in [6.45, 7) is 6.84. The van der Waals surface area contributed by atoms with E-state index in [2.05, 4.69) is 10.6 Å². The zero-order valence-electron chi connectivity index (χ0n) is 13.9. The van der Waals surface area contributed by atoms with Gasteiger partial charge in [-0.1, -0.05) is 12.1 Å². The van der Waals surface area contributed by atoms with Gasteiger partial charge in [0.25, 0.3) is 0 Å². The van der Waals surface area contributed by atoms with Crippen molar-refractivity contribution < 1.29 is 14.7 Å². The number of carbonyl (C=O) groups excluding carboxylic acids is 2. The van der Waals surface area contributed by atoms with E-state index in [0.29, 0.717) is 17.9 Å². The number of amides is 2. The van der Waals surface area contributed by atoms with Crippen LogP contribution in [0.25, 0.3) is 0 Å². The summed E-state index contributed by atoms with van der Waals surface area (Å²) in [6, 6.07) is 7.11. The molecule has 0 saturated carbocycles. The molecule has 6 heteroatoms. The maximum absolute atomic E-state index is 12.2. The van der Waals surface area contributed by atoms with Crippen LogP contribution in [0.5, 0.6) is 0 Å². The fourth-order valence-corrected chi connectivity index (χ4v) is 2.84. The van der Waals surface area contributed by atoms with Gasteiger partial charge in [-0.2, -0.15) is 0 Å². The molecule has 1 atom stereocenters. The number of likely N-dealkylation sites (tertiary alicyclic amines) is 1. The second-order valence-electron chi connectivity index (χ2n) is 6.65. The molecule has 0 aliphatic carbocycles. The van der Waals surface area contributed by atoms with E-state index in [1.165, 1.54) is 6.92 Å². The van der Waals surface area contributed by atoms with Gasteiger partial charge in [0.05, 0.1) is 23.5 Å². The second kappa shape index (κ2) is 7.10. The summed E-state index contributed by atoms with van der Waals surface area (Å²) in [6.07, 6.45) is 0.888. The summed E-state index contributed by atoms with van der Waals surface area (Å²) in [5.74, 6) is -0.125. The first kappa shape index (κ1) is 17.4. The Bertz CT molecular complexity index is 581. The van der Waals surface area contributed by atoms with Crippen LogP contribution in [0, 0.1) is 5.92 Å². The van der Waals surface area contributed by atoms with Crippen LogP contribution < -0.4 is 10.6 Å². The molecule has 1 heterocycles. The Labute approximate surface area is 136 Å². The number of para-hydroxylation sites is 2. The molecule has 2 amide bonds. The quantitative estimate of drug-likeness (QED) is 0.771. The van der Waals surface area contributed by atoms with Crippen molar-refractivity contribution in [1.82, 2.24) is 4.90 Å². The third kappa shape index (κ3) is 5.04. The number of aliphatic hydroxyl groups is 1. The van der Waals surface area contributed by atoms with Crippen LogP contribution in [0.2, 0.25) is 0 Å². The average molecular weight is 319 g/mol. The molecule has 2 rings (SSSR count). The number of anilines is 2. The van der Waals surface area contributed by atoms with Crippen molar-refractivity contribution >= 4 is 23.2 Å². The highest BCUT2D eigenvalue weighted by atomic mass is 16.3. The minimum Gasteiger partial charge on any atom is -0.390 e. The van der Waals surface area contributed by atoms with Gasteiger partial charge < -0.3 is 15.7 Å². The molecular formula is C17H25N3O3. The van der Waals surface area contributed by atoms with Crippen molar-refractivity contribution in [3.8, 4) is 0 Å². The Balaban J connectivity index is 1.92. The largest absolute Gasteiger partial charge is 0.390 e. The molecule has 0 spiro atoms. The molecular weight excluding hydrogens is 294 g/mol. The summed E-state index contributed by atoms with van der Waals surface area (Å²) in [5.41, 5.74) is 0.457. The highest BCUT2D eigenvalue weighted by Crippen LogP contribution is 2.27. The minimum absolute atomic E-state index is 0.126. The zero-order valence-corrected chi connectivity index (χ0v) is 13.9. The predicted octanol–water partition coefficient (Wildman–Crippen LogP) is 1.68. The lowest BCUT2D eigenvalue weighted by Crippen LogP contribution is -2.36. The molecule has 126 valence electrons. The second-order valence-corrected chi connectivity index (χ2v) is 6.65. The standard InChI is InChI=1S/C17H25N3O3/c1-12(21)18-14-6-4-5-7-15(14)19-16(22)11-20-9-8-13(10-20)17(2,3)23/h4-7,13,23H,8-11H2,1-3H3,(H,18,21)(H,19,22)/t13-/m0/s1. The molecule has 1 aromatic carbocycles. The molecule has 0 bridgehead atoms. The van der Waals surface area contributed by atoms with Crippen molar-refractivity contribution in [2.75, 3.05) is 30.3 Å². The Morgan fingerprint density at radius 2 is 1.87 bits per heavy atom. The van der Waals surface area contributed by atoms with E-state index < -0.39 is 5.60 Å². The van der Waals surface area contributed by atoms with Crippen molar-refractivity contribution in [2.24, 2.45) is 5.92 Å². The van der Waals surface area contributed by atoms with Crippen LogP contribution in [0.15, 0.2) is 24.3 Å². The first-order valence-electron chi connectivity index (χ1n) is 7.87. The maximum atomic E-state index is 12.2. The summed E-state index contributed by atoms with van der Waals surface area (Å²) >= 11 is 0. The third-order valence-corrected chi connectivity index (χ3v) is 4.15. The van der Waals surface area contributed by atoms with Gasteiger partial charge in [-0.3, -0.25) is 14.5 Å². The molecule has 1 saturated heterocycles. The molecule has 0 radical (unpaired) electrons. The van der Waals surface area contributed by atoms with Crippen LogP contribution in [-0.2, 0) is 9.59 Å². The molecule has 1 fully saturated rings. The first-order chi connectivity index (χ1) is 10.8. The number of benzene rings is 1. The van der Waals surface area contributed by atoms with Gasteiger partial charge in [-0.05, 0) is 38.9 Å². The van der Waals surface area contributed by atoms with Gasteiger partial charge in [0.1, 0.15) is 0 Å². The highest BCUT2D eigenvalue weighted by molar-refractivity contribution is 5.99. The van der Waals surface area contributed by atoms with Crippen LogP contribution >= 0.6 is 0 Å². The van der Waals surface area contributed by atoms with E-state index in [9.17, 15) is 14.7 Å². The van der Waals surface area contributed by atoms with Gasteiger partial charge in [-0.15, -0.1) is 0 Å². The van der Waals surface area contributed by atoms with Crippen molar-refractivity contribution in [3.05, 3.63) is 24.3 Å². The van der Waals surface area contributed by atoms with Crippen LogP contribution in [0.4, 0.5) is 11.4 Å². The number of rotatable bonds is 5. The Morgan fingerprint density at radius 3 is 2.39 bits per heavy atom. The first-order valence-corrected chi connectivity index (χ1v) is 7.87. The predicted molar refractivity (Wildman–Crippen MR) is 90.2 cm³/mol. The molecule has 1 aliphatic heterocycles. The van der Waals surface area contributed by atoms with E-state index >= 15 is 0 Å². The SMILES string of the molecule is CC(=O)Nc1ccccc1NC(=O)CN1CC[C@H](C(C)(C)O)C1. The normalized spacial score (nSPS) is 18.7.